The summed E-state index contributed by atoms with van der Waals surface area (Å²) in [4.78, 5) is 15.7. The minimum Gasteiger partial charge on any atom is -0.484 e. The van der Waals surface area contributed by atoms with Crippen LogP contribution in [-0.2, 0) is 11.3 Å². The van der Waals surface area contributed by atoms with Gasteiger partial charge in [-0.3, -0.25) is 9.79 Å². The Labute approximate surface area is 194 Å². The maximum atomic E-state index is 13.8. The first-order valence-corrected chi connectivity index (χ1v) is 9.64. The molecule has 0 heterocycles. The summed E-state index contributed by atoms with van der Waals surface area (Å²) in [6, 6.07) is 12.6. The van der Waals surface area contributed by atoms with E-state index in [9.17, 15) is 9.18 Å². The van der Waals surface area contributed by atoms with Crippen molar-refractivity contribution in [3.05, 3.63) is 65.0 Å². The number of guanidine groups is 1. The van der Waals surface area contributed by atoms with Crippen molar-refractivity contribution < 1.29 is 13.9 Å². The van der Waals surface area contributed by atoms with E-state index in [0.717, 1.165) is 11.1 Å². The number of benzene rings is 2. The van der Waals surface area contributed by atoms with Gasteiger partial charge < -0.3 is 20.7 Å². The first-order valence-electron chi connectivity index (χ1n) is 9.64. The lowest BCUT2D eigenvalue weighted by molar-refractivity contribution is -0.122. The number of rotatable bonds is 8. The van der Waals surface area contributed by atoms with Crippen LogP contribution in [0.4, 0.5) is 4.39 Å². The molecule has 0 aliphatic rings. The number of nitrogens with zero attached hydrogens (tertiary/aromatic N) is 1. The zero-order chi connectivity index (χ0) is 21.2. The Bertz CT molecular complexity index is 861. The predicted molar refractivity (Wildman–Crippen MR) is 129 cm³/mol. The number of aliphatic imine (C=N–C) groups is 1. The van der Waals surface area contributed by atoms with Gasteiger partial charge in [0.05, 0.1) is 6.04 Å². The number of ether oxygens (including phenoxy) is 1. The lowest BCUT2D eigenvalue weighted by Gasteiger charge is -2.19. The average molecular weight is 528 g/mol. The molecule has 8 heteroatoms. The third-order valence-corrected chi connectivity index (χ3v) is 4.38. The second-order valence-corrected chi connectivity index (χ2v) is 6.69. The number of hydrogen-bond acceptors (Lipinski definition) is 3. The van der Waals surface area contributed by atoms with Gasteiger partial charge >= 0.3 is 0 Å². The number of aryl methyl sites for hydroxylation is 1. The Morgan fingerprint density at radius 1 is 1.20 bits per heavy atom. The van der Waals surface area contributed by atoms with Gasteiger partial charge in [0.25, 0.3) is 5.91 Å². The molecule has 30 heavy (non-hydrogen) atoms. The van der Waals surface area contributed by atoms with E-state index in [0.29, 0.717) is 30.4 Å². The molecule has 3 N–H and O–H groups in total. The molecule has 0 fully saturated rings. The Morgan fingerprint density at radius 2 is 1.97 bits per heavy atom. The second-order valence-electron chi connectivity index (χ2n) is 6.69. The molecule has 0 bridgehead atoms. The van der Waals surface area contributed by atoms with Crippen molar-refractivity contribution >= 4 is 35.8 Å². The second kappa shape index (κ2) is 13.0. The normalized spacial score (nSPS) is 11.8. The molecule has 164 valence electrons. The van der Waals surface area contributed by atoms with E-state index in [1.807, 2.05) is 44.2 Å². The largest absolute Gasteiger partial charge is 0.484 e. The van der Waals surface area contributed by atoms with E-state index in [4.69, 9.17) is 4.74 Å². The van der Waals surface area contributed by atoms with Crippen LogP contribution < -0.4 is 20.7 Å². The molecular weight excluding hydrogens is 498 g/mol. The standard InChI is InChI=1S/C22H29FN4O2.HI/c1-5-25-21(28)14-29-19-8-6-7-17(11-19)13-26-22(24-4)27-16(3)18-10-9-15(2)20(23)12-18;/h6-12,16H,5,13-14H2,1-4H3,(H,25,28)(H2,24,26,27);1H. The fourth-order valence-electron chi connectivity index (χ4n) is 2.69. The SMILES string of the molecule is CCNC(=O)COc1cccc(CNC(=NC)NC(C)c2ccc(C)c(F)c2)c1.I. The summed E-state index contributed by atoms with van der Waals surface area (Å²) in [7, 11) is 1.68. The highest BCUT2D eigenvalue weighted by molar-refractivity contribution is 14.0. The summed E-state index contributed by atoms with van der Waals surface area (Å²) < 4.78 is 19.3. The molecule has 0 saturated carbocycles. The summed E-state index contributed by atoms with van der Waals surface area (Å²) in [5.41, 5.74) is 2.45. The summed E-state index contributed by atoms with van der Waals surface area (Å²) in [6.45, 7) is 6.64. The number of carbonyl (C=O) groups excluding carboxylic acids is 1. The number of nitrogens with one attached hydrogen (secondary N) is 3. The van der Waals surface area contributed by atoms with Crippen LogP contribution in [0.1, 0.15) is 36.6 Å². The van der Waals surface area contributed by atoms with Gasteiger partial charge in [0.1, 0.15) is 11.6 Å². The number of carbonyl (C=O) groups is 1. The Kier molecular flexibility index (Phi) is 11.2. The first kappa shape index (κ1) is 25.7. The van der Waals surface area contributed by atoms with Gasteiger partial charge in [-0.1, -0.05) is 24.3 Å². The molecular formula is C22H30FIN4O2. The van der Waals surface area contributed by atoms with Crippen LogP contribution in [0.25, 0.3) is 0 Å². The lowest BCUT2D eigenvalue weighted by Crippen LogP contribution is -2.38. The molecule has 0 aliphatic carbocycles. The maximum Gasteiger partial charge on any atom is 0.257 e. The van der Waals surface area contributed by atoms with Crippen LogP contribution in [0.5, 0.6) is 5.75 Å². The van der Waals surface area contributed by atoms with Crippen LogP contribution in [0.15, 0.2) is 47.5 Å². The van der Waals surface area contributed by atoms with Gasteiger partial charge in [-0.2, -0.15) is 0 Å². The summed E-state index contributed by atoms with van der Waals surface area (Å²) >= 11 is 0. The van der Waals surface area contributed by atoms with Crippen LogP contribution >= 0.6 is 24.0 Å². The van der Waals surface area contributed by atoms with E-state index in [-0.39, 0.29) is 48.3 Å². The Morgan fingerprint density at radius 3 is 2.63 bits per heavy atom. The molecule has 0 radical (unpaired) electrons. The van der Waals surface area contributed by atoms with Crippen molar-refractivity contribution in [2.24, 2.45) is 4.99 Å². The zero-order valence-electron chi connectivity index (χ0n) is 17.8. The molecule has 6 nitrogen and oxygen atoms in total. The molecule has 1 atom stereocenters. The van der Waals surface area contributed by atoms with Gasteiger partial charge in [-0.15, -0.1) is 24.0 Å². The van der Waals surface area contributed by atoms with Crippen molar-refractivity contribution in [3.8, 4) is 5.75 Å². The molecule has 0 spiro atoms. The minimum absolute atomic E-state index is 0. The minimum atomic E-state index is -0.219. The predicted octanol–water partition coefficient (Wildman–Crippen LogP) is 3.69. The van der Waals surface area contributed by atoms with Crippen LogP contribution in [0, 0.1) is 12.7 Å². The lowest BCUT2D eigenvalue weighted by atomic mass is 10.1. The summed E-state index contributed by atoms with van der Waals surface area (Å²) in [5, 5.41) is 9.18. The van der Waals surface area contributed by atoms with E-state index < -0.39 is 0 Å². The van der Waals surface area contributed by atoms with E-state index >= 15 is 0 Å². The fourth-order valence-corrected chi connectivity index (χ4v) is 2.69. The molecule has 2 aromatic rings. The van der Waals surface area contributed by atoms with E-state index in [1.54, 1.807) is 20.0 Å². The highest BCUT2D eigenvalue weighted by Gasteiger charge is 2.10. The molecule has 0 aromatic heterocycles. The zero-order valence-corrected chi connectivity index (χ0v) is 20.1. The van der Waals surface area contributed by atoms with Crippen molar-refractivity contribution in [2.45, 2.75) is 33.4 Å². The maximum absolute atomic E-state index is 13.8. The van der Waals surface area contributed by atoms with Gasteiger partial charge in [-0.25, -0.2) is 4.39 Å². The summed E-state index contributed by atoms with van der Waals surface area (Å²) in [6.07, 6.45) is 0. The van der Waals surface area contributed by atoms with Gasteiger partial charge in [0.15, 0.2) is 12.6 Å². The third-order valence-electron chi connectivity index (χ3n) is 4.38. The third kappa shape index (κ3) is 8.17. The van der Waals surface area contributed by atoms with Crippen molar-refractivity contribution in [2.75, 3.05) is 20.2 Å². The highest BCUT2D eigenvalue weighted by atomic mass is 127. The average Bonchev–Trinajstić information content (AvgIpc) is 2.72. The quantitative estimate of drug-likeness (QED) is 0.278. The first-order chi connectivity index (χ1) is 13.9. The van der Waals surface area contributed by atoms with Crippen LogP contribution in [0.3, 0.4) is 0 Å². The van der Waals surface area contributed by atoms with Crippen molar-refractivity contribution in [1.82, 2.24) is 16.0 Å². The molecule has 2 rings (SSSR count). The van der Waals surface area contributed by atoms with Gasteiger partial charge in [0.2, 0.25) is 0 Å². The summed E-state index contributed by atoms with van der Waals surface area (Å²) in [5.74, 6) is 0.861. The fraction of sp³-hybridized carbons (Fsp3) is 0.364. The molecule has 2 aromatic carbocycles. The van der Waals surface area contributed by atoms with E-state index in [2.05, 4.69) is 20.9 Å². The van der Waals surface area contributed by atoms with Crippen LogP contribution in [-0.4, -0.2) is 32.1 Å². The molecule has 1 amide bonds. The molecule has 1 unspecified atom stereocenters. The highest BCUT2D eigenvalue weighted by Crippen LogP contribution is 2.16. The number of likely N-dealkylation sites (N-methyl/N-ethyl adjacent to an activating group) is 1. The topological polar surface area (TPSA) is 74.8 Å². The number of hydrogen-bond donors (Lipinski definition) is 3. The Balaban J connectivity index is 0.00000450. The monoisotopic (exact) mass is 528 g/mol. The van der Waals surface area contributed by atoms with Crippen molar-refractivity contribution in [1.29, 1.82) is 0 Å². The van der Waals surface area contributed by atoms with Crippen molar-refractivity contribution in [3.63, 3.8) is 0 Å². The number of halogens is 2. The van der Waals surface area contributed by atoms with Gasteiger partial charge in [0, 0.05) is 20.1 Å². The smallest absolute Gasteiger partial charge is 0.257 e. The molecule has 0 aliphatic heterocycles. The van der Waals surface area contributed by atoms with Gasteiger partial charge in [-0.05, 0) is 55.7 Å². The molecule has 0 saturated heterocycles. The Hall–Kier alpha value is -2.36. The van der Waals surface area contributed by atoms with E-state index in [1.165, 1.54) is 6.07 Å². The number of amides is 1. The van der Waals surface area contributed by atoms with Crippen LogP contribution in [0.2, 0.25) is 0 Å².